The van der Waals surface area contributed by atoms with Crippen LogP contribution in [0.4, 0.5) is 0 Å². The van der Waals surface area contributed by atoms with E-state index in [2.05, 4.69) is 20.1 Å². The summed E-state index contributed by atoms with van der Waals surface area (Å²) in [5, 5.41) is 5.81. The highest BCUT2D eigenvalue weighted by atomic mass is 32.1. The fourth-order valence-electron chi connectivity index (χ4n) is 2.47. The summed E-state index contributed by atoms with van der Waals surface area (Å²) in [5.74, 6) is 0.621. The van der Waals surface area contributed by atoms with Crippen LogP contribution in [-0.4, -0.2) is 26.1 Å². The molecular formula is C20H16N4O4S. The van der Waals surface area contributed by atoms with E-state index >= 15 is 0 Å². The summed E-state index contributed by atoms with van der Waals surface area (Å²) in [6, 6.07) is 10.4. The Morgan fingerprint density at radius 3 is 3.00 bits per heavy atom. The second-order valence-corrected chi connectivity index (χ2v) is 6.76. The number of carbonyl (C=O) groups is 1. The van der Waals surface area contributed by atoms with E-state index in [1.165, 1.54) is 11.3 Å². The molecule has 3 heterocycles. The van der Waals surface area contributed by atoms with Gasteiger partial charge in [-0.25, -0.2) is 9.78 Å². The molecule has 8 nitrogen and oxygen atoms in total. The lowest BCUT2D eigenvalue weighted by molar-refractivity contribution is 0.0265. The van der Waals surface area contributed by atoms with Gasteiger partial charge in [0, 0.05) is 23.3 Å². The van der Waals surface area contributed by atoms with Crippen LogP contribution < -0.4 is 4.74 Å². The van der Waals surface area contributed by atoms with Crippen molar-refractivity contribution in [3.05, 3.63) is 76.8 Å². The molecule has 0 aliphatic carbocycles. The molecule has 0 aliphatic rings. The second-order valence-electron chi connectivity index (χ2n) is 6.04. The third-order valence-electron chi connectivity index (χ3n) is 3.93. The molecule has 0 radical (unpaired) electrons. The van der Waals surface area contributed by atoms with Gasteiger partial charge in [0.25, 0.3) is 5.89 Å². The van der Waals surface area contributed by atoms with Crippen LogP contribution in [0.1, 0.15) is 35.0 Å². The molecule has 1 atom stereocenters. The Bertz CT molecular complexity index is 1080. The van der Waals surface area contributed by atoms with Crippen molar-refractivity contribution in [2.75, 3.05) is 0 Å². The highest BCUT2D eigenvalue weighted by Gasteiger charge is 2.20. The molecule has 4 rings (SSSR count). The Morgan fingerprint density at radius 1 is 1.28 bits per heavy atom. The van der Waals surface area contributed by atoms with Crippen LogP contribution in [0.2, 0.25) is 0 Å². The molecule has 0 saturated heterocycles. The molecule has 0 N–H and O–H groups in total. The summed E-state index contributed by atoms with van der Waals surface area (Å²) in [5.41, 5.74) is 3.65. The number of rotatable bonds is 7. The van der Waals surface area contributed by atoms with Crippen molar-refractivity contribution in [2.45, 2.75) is 19.6 Å². The fourth-order valence-corrected chi connectivity index (χ4v) is 3.01. The number of hydrogen-bond acceptors (Lipinski definition) is 9. The maximum Gasteiger partial charge on any atom is 0.339 e. The summed E-state index contributed by atoms with van der Waals surface area (Å²) in [4.78, 5) is 25.0. The molecule has 0 aliphatic heterocycles. The van der Waals surface area contributed by atoms with Gasteiger partial charge >= 0.3 is 5.97 Å². The largest absolute Gasteiger partial charge is 0.487 e. The SMILES string of the molecule is CC(OC(=O)c1cccc(OCc2cscn2)c1)c1nc(-c2cccnc2)no1. The van der Waals surface area contributed by atoms with E-state index in [1.54, 1.807) is 55.2 Å². The maximum absolute atomic E-state index is 12.5. The minimum absolute atomic E-state index is 0.202. The van der Waals surface area contributed by atoms with Crippen molar-refractivity contribution in [3.8, 4) is 17.1 Å². The summed E-state index contributed by atoms with van der Waals surface area (Å²) in [6.45, 7) is 2.00. The number of hydrogen-bond donors (Lipinski definition) is 0. The number of pyridine rings is 1. The normalized spacial score (nSPS) is 11.8. The summed E-state index contributed by atoms with van der Waals surface area (Å²) in [6.07, 6.45) is 2.58. The van der Waals surface area contributed by atoms with Gasteiger partial charge in [0.1, 0.15) is 12.4 Å². The van der Waals surface area contributed by atoms with Crippen LogP contribution in [0.5, 0.6) is 5.75 Å². The van der Waals surface area contributed by atoms with Gasteiger partial charge in [0.15, 0.2) is 6.10 Å². The van der Waals surface area contributed by atoms with E-state index < -0.39 is 12.1 Å². The Morgan fingerprint density at radius 2 is 2.21 bits per heavy atom. The third-order valence-corrected chi connectivity index (χ3v) is 4.57. The van der Waals surface area contributed by atoms with Gasteiger partial charge in [0.05, 0.1) is 16.8 Å². The van der Waals surface area contributed by atoms with Gasteiger partial charge < -0.3 is 14.0 Å². The van der Waals surface area contributed by atoms with Crippen LogP contribution in [0, 0.1) is 0 Å². The smallest absolute Gasteiger partial charge is 0.339 e. The van der Waals surface area contributed by atoms with Crippen molar-refractivity contribution in [3.63, 3.8) is 0 Å². The van der Waals surface area contributed by atoms with Crippen LogP contribution in [0.25, 0.3) is 11.4 Å². The molecule has 1 aromatic carbocycles. The number of nitrogens with zero attached hydrogens (tertiary/aromatic N) is 4. The predicted octanol–water partition coefficient (Wildman–Crippen LogP) is 4.09. The molecule has 0 fully saturated rings. The molecule has 29 heavy (non-hydrogen) atoms. The zero-order chi connectivity index (χ0) is 20.1. The van der Waals surface area contributed by atoms with E-state index in [0.29, 0.717) is 29.3 Å². The average molecular weight is 408 g/mol. The van der Waals surface area contributed by atoms with E-state index in [9.17, 15) is 4.79 Å². The standard InChI is InChI=1S/C20H16N4O4S/c1-13(19-23-18(24-28-19)15-5-3-7-21-9-15)27-20(25)14-4-2-6-17(8-14)26-10-16-11-29-12-22-16/h2-9,11-13H,10H2,1H3. The third kappa shape index (κ3) is 4.64. The van der Waals surface area contributed by atoms with E-state index in [0.717, 1.165) is 5.69 Å². The molecule has 0 saturated carbocycles. The second kappa shape index (κ2) is 8.61. The molecule has 0 spiro atoms. The van der Waals surface area contributed by atoms with Crippen molar-refractivity contribution < 1.29 is 18.8 Å². The first-order valence-electron chi connectivity index (χ1n) is 8.74. The van der Waals surface area contributed by atoms with Crippen LogP contribution in [0.15, 0.2) is 64.2 Å². The highest BCUT2D eigenvalue weighted by Crippen LogP contribution is 2.22. The minimum Gasteiger partial charge on any atom is -0.487 e. The van der Waals surface area contributed by atoms with Gasteiger partial charge in [-0.2, -0.15) is 4.98 Å². The van der Waals surface area contributed by atoms with Crippen molar-refractivity contribution in [2.24, 2.45) is 0 Å². The number of carbonyl (C=O) groups excluding carboxylic acids is 1. The molecule has 9 heteroatoms. The van der Waals surface area contributed by atoms with E-state index in [4.69, 9.17) is 14.0 Å². The average Bonchev–Trinajstić information content (AvgIpc) is 3.45. The minimum atomic E-state index is -0.708. The van der Waals surface area contributed by atoms with Crippen molar-refractivity contribution in [1.82, 2.24) is 20.1 Å². The Balaban J connectivity index is 1.40. The number of thiazole rings is 1. The Kier molecular flexibility index (Phi) is 5.57. The lowest BCUT2D eigenvalue weighted by atomic mass is 10.2. The number of esters is 1. The van der Waals surface area contributed by atoms with Gasteiger partial charge in [-0.05, 0) is 37.3 Å². The monoisotopic (exact) mass is 408 g/mol. The molecule has 0 amide bonds. The molecule has 146 valence electrons. The zero-order valence-electron chi connectivity index (χ0n) is 15.4. The quantitative estimate of drug-likeness (QED) is 0.422. The number of aromatic nitrogens is 4. The van der Waals surface area contributed by atoms with E-state index in [-0.39, 0.29) is 5.89 Å². The van der Waals surface area contributed by atoms with Gasteiger partial charge in [-0.3, -0.25) is 4.98 Å². The summed E-state index contributed by atoms with van der Waals surface area (Å²) >= 11 is 1.50. The lowest BCUT2D eigenvalue weighted by Crippen LogP contribution is -2.10. The van der Waals surface area contributed by atoms with Gasteiger partial charge in [-0.1, -0.05) is 11.2 Å². The Labute approximate surface area is 170 Å². The van der Waals surface area contributed by atoms with Crippen LogP contribution >= 0.6 is 11.3 Å². The van der Waals surface area contributed by atoms with Gasteiger partial charge in [0.2, 0.25) is 5.82 Å². The fraction of sp³-hybridized carbons (Fsp3) is 0.150. The first kappa shape index (κ1) is 18.8. The highest BCUT2D eigenvalue weighted by molar-refractivity contribution is 7.07. The van der Waals surface area contributed by atoms with Gasteiger partial charge in [-0.15, -0.1) is 11.3 Å². The molecule has 0 bridgehead atoms. The van der Waals surface area contributed by atoms with Crippen LogP contribution in [-0.2, 0) is 11.3 Å². The molecule has 4 aromatic rings. The number of benzene rings is 1. The van der Waals surface area contributed by atoms with Crippen LogP contribution in [0.3, 0.4) is 0 Å². The van der Waals surface area contributed by atoms with Crippen molar-refractivity contribution in [1.29, 1.82) is 0 Å². The molecule has 3 aromatic heterocycles. The Hall–Kier alpha value is -3.59. The van der Waals surface area contributed by atoms with E-state index in [1.807, 2.05) is 11.4 Å². The molecule has 1 unspecified atom stereocenters. The lowest BCUT2D eigenvalue weighted by Gasteiger charge is -2.10. The molecular weight excluding hydrogens is 392 g/mol. The summed E-state index contributed by atoms with van der Waals surface area (Å²) in [7, 11) is 0. The van der Waals surface area contributed by atoms with Crippen molar-refractivity contribution >= 4 is 17.3 Å². The predicted molar refractivity (Wildman–Crippen MR) is 104 cm³/mol. The topological polar surface area (TPSA) is 100 Å². The summed E-state index contributed by atoms with van der Waals surface area (Å²) < 4.78 is 16.4. The first-order valence-corrected chi connectivity index (χ1v) is 9.68. The number of ether oxygens (including phenoxy) is 2. The zero-order valence-corrected chi connectivity index (χ0v) is 16.2. The maximum atomic E-state index is 12.5. The first-order chi connectivity index (χ1) is 14.2.